The first kappa shape index (κ1) is 11.7. The van der Waals surface area contributed by atoms with Crippen molar-refractivity contribution >= 4 is 22.6 Å². The van der Waals surface area contributed by atoms with E-state index in [0.29, 0.717) is 6.04 Å². The fraction of sp³-hybridized carbons (Fsp3) is 1.00. The number of alkyl halides is 1. The molecule has 1 atom stereocenters. The first-order valence-electron chi connectivity index (χ1n) is 4.60. The van der Waals surface area contributed by atoms with Crippen molar-refractivity contribution in [3.63, 3.8) is 0 Å². The van der Waals surface area contributed by atoms with Gasteiger partial charge >= 0.3 is 0 Å². The molecule has 2 heteroatoms. The maximum Gasteiger partial charge on any atom is 0.00360 e. The second-order valence-corrected chi connectivity index (χ2v) is 4.09. The Morgan fingerprint density at radius 1 is 1.27 bits per heavy atom. The van der Waals surface area contributed by atoms with E-state index in [0.717, 1.165) is 0 Å². The van der Waals surface area contributed by atoms with Crippen molar-refractivity contribution in [3.05, 3.63) is 0 Å². The lowest BCUT2D eigenvalue weighted by Crippen LogP contribution is -2.25. The Kier molecular flexibility index (Phi) is 9.33. The topological polar surface area (TPSA) is 12.0 Å². The molecule has 0 fully saturated rings. The third kappa shape index (κ3) is 8.60. The lowest BCUT2D eigenvalue weighted by molar-refractivity contribution is 0.515. The van der Waals surface area contributed by atoms with E-state index in [1.807, 2.05) is 0 Å². The fourth-order valence-corrected chi connectivity index (χ4v) is 1.43. The summed E-state index contributed by atoms with van der Waals surface area (Å²) in [6.45, 7) is 5.67. The molecule has 68 valence electrons. The molecule has 0 saturated carbocycles. The Labute approximate surface area is 84.5 Å². The summed E-state index contributed by atoms with van der Waals surface area (Å²) in [5.41, 5.74) is 0. The van der Waals surface area contributed by atoms with Crippen LogP contribution in [0.5, 0.6) is 0 Å². The molecule has 1 N–H and O–H groups in total. The van der Waals surface area contributed by atoms with Gasteiger partial charge in [0.1, 0.15) is 0 Å². The van der Waals surface area contributed by atoms with Crippen molar-refractivity contribution in [2.45, 2.75) is 45.6 Å². The summed E-state index contributed by atoms with van der Waals surface area (Å²) in [5, 5.41) is 3.49. The van der Waals surface area contributed by atoms with E-state index in [2.05, 4.69) is 41.8 Å². The van der Waals surface area contributed by atoms with Crippen LogP contribution in [0.1, 0.15) is 39.5 Å². The standard InChI is InChI=1S/C9H20IN/c1-3-9(2)11-8-6-4-5-7-10/h9,11H,3-8H2,1-2H3. The van der Waals surface area contributed by atoms with Gasteiger partial charge in [0.05, 0.1) is 0 Å². The van der Waals surface area contributed by atoms with Crippen molar-refractivity contribution in [3.8, 4) is 0 Å². The van der Waals surface area contributed by atoms with Crippen LogP contribution in [0.25, 0.3) is 0 Å². The molecule has 11 heavy (non-hydrogen) atoms. The summed E-state index contributed by atoms with van der Waals surface area (Å²) in [7, 11) is 0. The minimum atomic E-state index is 0.703. The van der Waals surface area contributed by atoms with Crippen LogP contribution in [0, 0.1) is 0 Å². The molecule has 0 heterocycles. The van der Waals surface area contributed by atoms with Gasteiger partial charge in [0.15, 0.2) is 0 Å². The van der Waals surface area contributed by atoms with Gasteiger partial charge < -0.3 is 5.32 Å². The number of hydrogen-bond acceptors (Lipinski definition) is 1. The minimum Gasteiger partial charge on any atom is -0.314 e. The number of nitrogens with one attached hydrogen (secondary N) is 1. The number of halogens is 1. The Bertz CT molecular complexity index is 76.0. The highest BCUT2D eigenvalue weighted by Gasteiger charge is 1.94. The SMILES string of the molecule is CCC(C)NCCCCCI. The zero-order valence-corrected chi connectivity index (χ0v) is 9.86. The number of hydrogen-bond donors (Lipinski definition) is 1. The fourth-order valence-electron chi connectivity index (χ4n) is 0.889. The van der Waals surface area contributed by atoms with Crippen molar-refractivity contribution < 1.29 is 0 Å². The molecule has 0 spiro atoms. The molecule has 0 aromatic rings. The third-order valence-electron chi connectivity index (χ3n) is 1.92. The van der Waals surface area contributed by atoms with E-state index in [9.17, 15) is 0 Å². The van der Waals surface area contributed by atoms with Crippen LogP contribution in [-0.2, 0) is 0 Å². The molecule has 0 rings (SSSR count). The largest absolute Gasteiger partial charge is 0.314 e. The molecule has 1 unspecified atom stereocenters. The van der Waals surface area contributed by atoms with Crippen molar-refractivity contribution in [1.29, 1.82) is 0 Å². The molecule has 0 aliphatic rings. The smallest absolute Gasteiger partial charge is 0.00360 e. The van der Waals surface area contributed by atoms with Crippen LogP contribution < -0.4 is 5.32 Å². The highest BCUT2D eigenvalue weighted by molar-refractivity contribution is 14.1. The summed E-state index contributed by atoms with van der Waals surface area (Å²) in [6.07, 6.45) is 5.34. The molecular formula is C9H20IN. The molecule has 0 amide bonds. The van der Waals surface area contributed by atoms with Crippen molar-refractivity contribution in [2.24, 2.45) is 0 Å². The van der Waals surface area contributed by atoms with Crippen molar-refractivity contribution in [1.82, 2.24) is 5.32 Å². The van der Waals surface area contributed by atoms with Gasteiger partial charge in [-0.05, 0) is 37.2 Å². The highest BCUT2D eigenvalue weighted by atomic mass is 127. The molecular weight excluding hydrogens is 249 g/mol. The third-order valence-corrected chi connectivity index (χ3v) is 2.68. The van der Waals surface area contributed by atoms with Gasteiger partial charge in [0.2, 0.25) is 0 Å². The zero-order chi connectivity index (χ0) is 8.53. The molecule has 0 saturated heterocycles. The van der Waals surface area contributed by atoms with E-state index in [1.165, 1.54) is 36.7 Å². The van der Waals surface area contributed by atoms with Gasteiger partial charge in [0, 0.05) is 6.04 Å². The molecule has 0 aliphatic heterocycles. The van der Waals surface area contributed by atoms with Gasteiger partial charge in [0.25, 0.3) is 0 Å². The summed E-state index contributed by atoms with van der Waals surface area (Å²) < 4.78 is 1.31. The number of rotatable bonds is 7. The number of unbranched alkanes of at least 4 members (excludes halogenated alkanes) is 2. The molecule has 0 radical (unpaired) electrons. The minimum absolute atomic E-state index is 0.703. The van der Waals surface area contributed by atoms with Crippen LogP contribution in [0.2, 0.25) is 0 Å². The predicted molar refractivity (Wildman–Crippen MR) is 60.5 cm³/mol. The summed E-state index contributed by atoms with van der Waals surface area (Å²) >= 11 is 2.44. The molecule has 1 nitrogen and oxygen atoms in total. The van der Waals surface area contributed by atoms with Gasteiger partial charge in [-0.1, -0.05) is 35.9 Å². The lowest BCUT2D eigenvalue weighted by Gasteiger charge is -2.10. The highest BCUT2D eigenvalue weighted by Crippen LogP contribution is 1.98. The summed E-state index contributed by atoms with van der Waals surface area (Å²) in [4.78, 5) is 0. The normalized spacial score (nSPS) is 13.4. The Morgan fingerprint density at radius 3 is 2.55 bits per heavy atom. The summed E-state index contributed by atoms with van der Waals surface area (Å²) in [6, 6.07) is 0.703. The monoisotopic (exact) mass is 269 g/mol. The van der Waals surface area contributed by atoms with E-state index in [-0.39, 0.29) is 0 Å². The Hall–Kier alpha value is 0.690. The lowest BCUT2D eigenvalue weighted by atomic mass is 10.2. The van der Waals surface area contributed by atoms with Crippen LogP contribution in [-0.4, -0.2) is 17.0 Å². The van der Waals surface area contributed by atoms with Gasteiger partial charge in [-0.25, -0.2) is 0 Å². The molecule has 0 aliphatic carbocycles. The molecule has 0 aromatic heterocycles. The quantitative estimate of drug-likeness (QED) is 0.425. The maximum absolute atomic E-state index is 3.49. The van der Waals surface area contributed by atoms with E-state index in [1.54, 1.807) is 0 Å². The molecule has 0 bridgehead atoms. The van der Waals surface area contributed by atoms with Gasteiger partial charge in [-0.15, -0.1) is 0 Å². The van der Waals surface area contributed by atoms with Crippen molar-refractivity contribution in [2.75, 3.05) is 11.0 Å². The van der Waals surface area contributed by atoms with E-state index < -0.39 is 0 Å². The Morgan fingerprint density at radius 2 is 2.00 bits per heavy atom. The Balaban J connectivity index is 2.89. The second kappa shape index (κ2) is 8.78. The van der Waals surface area contributed by atoms with Crippen LogP contribution in [0.3, 0.4) is 0 Å². The summed E-state index contributed by atoms with van der Waals surface area (Å²) in [5.74, 6) is 0. The van der Waals surface area contributed by atoms with E-state index in [4.69, 9.17) is 0 Å². The zero-order valence-electron chi connectivity index (χ0n) is 7.70. The van der Waals surface area contributed by atoms with E-state index >= 15 is 0 Å². The predicted octanol–water partition coefficient (Wildman–Crippen LogP) is 2.98. The van der Waals surface area contributed by atoms with Gasteiger partial charge in [-0.3, -0.25) is 0 Å². The van der Waals surface area contributed by atoms with Crippen LogP contribution in [0.15, 0.2) is 0 Å². The van der Waals surface area contributed by atoms with Crippen LogP contribution in [0.4, 0.5) is 0 Å². The maximum atomic E-state index is 3.49. The van der Waals surface area contributed by atoms with Crippen LogP contribution >= 0.6 is 22.6 Å². The second-order valence-electron chi connectivity index (χ2n) is 3.01. The molecule has 0 aromatic carbocycles. The average molecular weight is 269 g/mol. The average Bonchev–Trinajstić information content (AvgIpc) is 2.04. The first-order chi connectivity index (χ1) is 5.31. The van der Waals surface area contributed by atoms with Gasteiger partial charge in [-0.2, -0.15) is 0 Å². The first-order valence-corrected chi connectivity index (χ1v) is 6.13.